The number of hydrogen-bond acceptors (Lipinski definition) is 5. The lowest BCUT2D eigenvalue weighted by atomic mass is 10.00. The maximum atomic E-state index is 10.4. The highest BCUT2D eigenvalue weighted by Crippen LogP contribution is 2.29. The lowest BCUT2D eigenvalue weighted by Crippen LogP contribution is -2.29. The van der Waals surface area contributed by atoms with E-state index >= 15 is 0 Å². The van der Waals surface area contributed by atoms with Crippen LogP contribution in [0.4, 0.5) is 5.69 Å². The Morgan fingerprint density at radius 1 is 1.29 bits per heavy atom. The quantitative estimate of drug-likeness (QED) is 0.348. The lowest BCUT2D eigenvalue weighted by molar-refractivity contribution is 0.0678. The number of nitrogens with zero attached hydrogens (tertiary/aromatic N) is 1. The summed E-state index contributed by atoms with van der Waals surface area (Å²) in [6.07, 6.45) is 0. The molecule has 1 heterocycles. The first kappa shape index (κ1) is 20.5. The monoisotopic (exact) mass is 463 g/mol. The molecule has 24 heavy (non-hydrogen) atoms. The summed E-state index contributed by atoms with van der Waals surface area (Å²) in [4.78, 5) is 4.21. The van der Waals surface area contributed by atoms with Crippen molar-refractivity contribution < 1.29 is 14.6 Å². The van der Waals surface area contributed by atoms with E-state index in [0.29, 0.717) is 11.5 Å². The molecule has 0 radical (unpaired) electrons. The first-order chi connectivity index (χ1) is 11.0. The summed E-state index contributed by atoms with van der Waals surface area (Å²) in [5.41, 5.74) is 6.38. The van der Waals surface area contributed by atoms with Gasteiger partial charge in [-0.05, 0) is 41.4 Å². The van der Waals surface area contributed by atoms with Gasteiger partial charge in [0.05, 0.1) is 20.8 Å². The van der Waals surface area contributed by atoms with Crippen LogP contribution >= 0.6 is 35.3 Å². The van der Waals surface area contributed by atoms with E-state index in [-0.39, 0.29) is 36.5 Å². The standard InChI is InChI=1S/C16H21N3O3S.HI/c1-16(20,11-6-7-23-9-11)10-18-15(17)19-12-4-5-13(21-2)14(8-12)22-3;/h4-9,20H,10H2,1-3H3,(H3,17,18,19);1H. The second kappa shape index (κ2) is 9.09. The summed E-state index contributed by atoms with van der Waals surface area (Å²) in [7, 11) is 3.14. The molecule has 1 aromatic carbocycles. The topological polar surface area (TPSA) is 89.1 Å². The van der Waals surface area contributed by atoms with Crippen molar-refractivity contribution in [3.63, 3.8) is 0 Å². The van der Waals surface area contributed by atoms with E-state index in [9.17, 15) is 5.11 Å². The van der Waals surface area contributed by atoms with E-state index in [1.54, 1.807) is 39.3 Å². The maximum Gasteiger partial charge on any atom is 0.193 e. The molecule has 0 spiro atoms. The molecule has 4 N–H and O–H groups in total. The predicted octanol–water partition coefficient (Wildman–Crippen LogP) is 3.02. The highest BCUT2D eigenvalue weighted by atomic mass is 127. The molecule has 1 atom stereocenters. The predicted molar refractivity (Wildman–Crippen MR) is 109 cm³/mol. The molecule has 0 aliphatic heterocycles. The number of aliphatic hydroxyl groups is 1. The number of thiophene rings is 1. The number of benzene rings is 1. The number of nitrogens with one attached hydrogen (secondary N) is 1. The summed E-state index contributed by atoms with van der Waals surface area (Å²) < 4.78 is 10.4. The second-order valence-corrected chi connectivity index (χ2v) is 5.96. The van der Waals surface area contributed by atoms with E-state index in [0.717, 1.165) is 11.3 Å². The molecule has 0 aliphatic rings. The molecule has 8 heteroatoms. The van der Waals surface area contributed by atoms with Gasteiger partial charge in [0.2, 0.25) is 0 Å². The largest absolute Gasteiger partial charge is 0.493 e. The minimum Gasteiger partial charge on any atom is -0.493 e. The van der Waals surface area contributed by atoms with Gasteiger partial charge in [0.15, 0.2) is 17.5 Å². The Bertz CT molecular complexity index is 675. The maximum absolute atomic E-state index is 10.4. The Morgan fingerprint density at radius 3 is 2.58 bits per heavy atom. The van der Waals surface area contributed by atoms with Gasteiger partial charge in [-0.15, -0.1) is 24.0 Å². The Hall–Kier alpha value is -1.52. The van der Waals surface area contributed by atoms with E-state index in [4.69, 9.17) is 15.2 Å². The molecule has 6 nitrogen and oxygen atoms in total. The normalized spacial score (nSPS) is 13.6. The van der Waals surface area contributed by atoms with Crippen LogP contribution in [0.5, 0.6) is 11.5 Å². The lowest BCUT2D eigenvalue weighted by Gasteiger charge is -2.20. The molecule has 132 valence electrons. The van der Waals surface area contributed by atoms with Crippen LogP contribution in [0.1, 0.15) is 12.5 Å². The minimum atomic E-state index is -1.05. The minimum absolute atomic E-state index is 0. The average Bonchev–Trinajstić information content (AvgIpc) is 3.08. The zero-order valence-electron chi connectivity index (χ0n) is 13.8. The summed E-state index contributed by atoms with van der Waals surface area (Å²) >= 11 is 1.53. The fourth-order valence-electron chi connectivity index (χ4n) is 2.00. The Labute approximate surface area is 162 Å². The number of aliphatic imine (C=N–C) groups is 1. The number of anilines is 1. The van der Waals surface area contributed by atoms with E-state index in [1.807, 2.05) is 16.8 Å². The zero-order chi connectivity index (χ0) is 16.9. The van der Waals surface area contributed by atoms with Crippen LogP contribution in [0.15, 0.2) is 40.0 Å². The number of nitrogens with two attached hydrogens (primary N) is 1. The highest BCUT2D eigenvalue weighted by Gasteiger charge is 2.23. The van der Waals surface area contributed by atoms with Crippen molar-refractivity contribution >= 4 is 47.0 Å². The Kier molecular flexibility index (Phi) is 7.77. The first-order valence-electron chi connectivity index (χ1n) is 7.00. The van der Waals surface area contributed by atoms with Gasteiger partial charge in [-0.25, -0.2) is 4.99 Å². The average molecular weight is 463 g/mol. The Morgan fingerprint density at radius 2 is 2.00 bits per heavy atom. The van der Waals surface area contributed by atoms with Crippen LogP contribution in [0.25, 0.3) is 0 Å². The summed E-state index contributed by atoms with van der Waals surface area (Å²) in [6, 6.07) is 7.22. The van der Waals surface area contributed by atoms with Gasteiger partial charge in [0, 0.05) is 11.8 Å². The zero-order valence-corrected chi connectivity index (χ0v) is 16.9. The van der Waals surface area contributed by atoms with Crippen LogP contribution in [0.2, 0.25) is 0 Å². The molecule has 0 saturated heterocycles. The van der Waals surface area contributed by atoms with E-state index in [1.165, 1.54) is 11.3 Å². The molecule has 0 fully saturated rings. The van der Waals surface area contributed by atoms with Crippen molar-refractivity contribution in [1.82, 2.24) is 0 Å². The van der Waals surface area contributed by atoms with Crippen LogP contribution in [0.3, 0.4) is 0 Å². The number of rotatable bonds is 6. The van der Waals surface area contributed by atoms with Gasteiger partial charge in [-0.3, -0.25) is 0 Å². The van der Waals surface area contributed by atoms with E-state index in [2.05, 4.69) is 10.3 Å². The van der Waals surface area contributed by atoms with Gasteiger partial charge in [0.1, 0.15) is 5.60 Å². The molecule has 0 amide bonds. The third-order valence-corrected chi connectivity index (χ3v) is 4.04. The summed E-state index contributed by atoms with van der Waals surface area (Å²) in [5.74, 6) is 1.44. The van der Waals surface area contributed by atoms with Crippen molar-refractivity contribution in [2.24, 2.45) is 10.7 Å². The summed E-state index contributed by atoms with van der Waals surface area (Å²) in [5, 5.41) is 17.2. The molecule has 1 unspecified atom stereocenters. The van der Waals surface area contributed by atoms with Crippen LogP contribution in [0, 0.1) is 0 Å². The number of hydrogen-bond donors (Lipinski definition) is 3. The van der Waals surface area contributed by atoms with Crippen molar-refractivity contribution in [2.75, 3.05) is 26.1 Å². The molecule has 1 aromatic heterocycles. The molecule has 0 bridgehead atoms. The SMILES string of the molecule is COc1ccc(NC(N)=NCC(C)(O)c2ccsc2)cc1OC.I. The highest BCUT2D eigenvalue weighted by molar-refractivity contribution is 14.0. The number of guanidine groups is 1. The third kappa shape index (κ3) is 5.25. The number of ether oxygens (including phenoxy) is 2. The van der Waals surface area contributed by atoms with Gasteiger partial charge < -0.3 is 25.6 Å². The van der Waals surface area contributed by atoms with Crippen LogP contribution in [-0.2, 0) is 5.60 Å². The third-order valence-electron chi connectivity index (χ3n) is 3.36. The van der Waals surface area contributed by atoms with Crippen molar-refractivity contribution in [3.8, 4) is 11.5 Å². The Balaban J connectivity index is 0.00000288. The van der Waals surface area contributed by atoms with Crippen molar-refractivity contribution in [3.05, 3.63) is 40.6 Å². The number of methoxy groups -OCH3 is 2. The fraction of sp³-hybridized carbons (Fsp3) is 0.312. The van der Waals surface area contributed by atoms with Crippen molar-refractivity contribution in [1.29, 1.82) is 0 Å². The molecule has 2 aromatic rings. The van der Waals surface area contributed by atoms with Crippen LogP contribution < -0.4 is 20.5 Å². The van der Waals surface area contributed by atoms with Gasteiger partial charge in [-0.2, -0.15) is 11.3 Å². The molecular weight excluding hydrogens is 441 g/mol. The van der Waals surface area contributed by atoms with Crippen molar-refractivity contribution in [2.45, 2.75) is 12.5 Å². The van der Waals surface area contributed by atoms with Gasteiger partial charge in [-0.1, -0.05) is 0 Å². The molecule has 2 rings (SSSR count). The summed E-state index contributed by atoms with van der Waals surface area (Å²) in [6.45, 7) is 1.87. The smallest absolute Gasteiger partial charge is 0.193 e. The second-order valence-electron chi connectivity index (χ2n) is 5.18. The first-order valence-corrected chi connectivity index (χ1v) is 7.94. The molecule has 0 saturated carbocycles. The van der Waals surface area contributed by atoms with Gasteiger partial charge in [0.25, 0.3) is 0 Å². The molecular formula is C16H22IN3O3S. The van der Waals surface area contributed by atoms with Gasteiger partial charge >= 0.3 is 0 Å². The van der Waals surface area contributed by atoms with E-state index < -0.39 is 5.60 Å². The number of halogens is 1. The fourth-order valence-corrected chi connectivity index (χ4v) is 2.79. The van der Waals surface area contributed by atoms with Crippen LogP contribution in [-0.4, -0.2) is 31.8 Å². The molecule has 0 aliphatic carbocycles.